The molecule has 0 bridgehead atoms. The molecule has 1 saturated heterocycles. The topological polar surface area (TPSA) is 80.0 Å². The minimum absolute atomic E-state index is 0.0343. The third-order valence-electron chi connectivity index (χ3n) is 6.33. The Balaban J connectivity index is 2.03. The fraction of sp³-hybridized carbons (Fsp3) is 0.720. The number of benzene rings is 1. The van der Waals surface area contributed by atoms with Crippen LogP contribution in [0.1, 0.15) is 52.5 Å². The molecule has 1 aliphatic rings. The van der Waals surface area contributed by atoms with Crippen molar-refractivity contribution < 1.29 is 23.7 Å². The predicted molar refractivity (Wildman–Crippen MR) is 122 cm³/mol. The van der Waals surface area contributed by atoms with Gasteiger partial charge in [-0.05, 0) is 54.7 Å². The van der Waals surface area contributed by atoms with Crippen LogP contribution in [-0.4, -0.2) is 45.5 Å². The van der Waals surface area contributed by atoms with Gasteiger partial charge in [-0.25, -0.2) is 0 Å². The van der Waals surface area contributed by atoms with Gasteiger partial charge in [0.05, 0.1) is 19.6 Å². The van der Waals surface area contributed by atoms with E-state index in [0.29, 0.717) is 25.0 Å². The van der Waals surface area contributed by atoms with Gasteiger partial charge in [0.2, 0.25) is 0 Å². The van der Waals surface area contributed by atoms with Crippen LogP contribution < -0.4 is 15.2 Å². The summed E-state index contributed by atoms with van der Waals surface area (Å²) in [5, 5.41) is 0. The molecule has 2 rings (SSSR count). The molecule has 0 aromatic heterocycles. The van der Waals surface area contributed by atoms with Crippen molar-refractivity contribution in [3.63, 3.8) is 0 Å². The maximum absolute atomic E-state index is 12.2. The lowest BCUT2D eigenvalue weighted by Gasteiger charge is -2.27. The molecule has 0 radical (unpaired) electrons. The SMILES string of the molecule is COCCCOc1cc(C[C@@H](CC(N)[C@@H]2CC(C(C)C)C(=O)O2)C(C)C)ccc1OC. The van der Waals surface area contributed by atoms with Crippen molar-refractivity contribution in [2.75, 3.05) is 27.4 Å². The Labute approximate surface area is 187 Å². The van der Waals surface area contributed by atoms with Crippen molar-refractivity contribution in [3.8, 4) is 11.5 Å². The van der Waals surface area contributed by atoms with E-state index in [1.165, 1.54) is 5.56 Å². The van der Waals surface area contributed by atoms with Crippen molar-refractivity contribution in [1.82, 2.24) is 0 Å². The van der Waals surface area contributed by atoms with Crippen LogP contribution in [0, 0.1) is 23.7 Å². The number of rotatable bonds is 13. The van der Waals surface area contributed by atoms with E-state index in [-0.39, 0.29) is 30.0 Å². The summed E-state index contributed by atoms with van der Waals surface area (Å²) >= 11 is 0. The van der Waals surface area contributed by atoms with E-state index in [1.807, 2.05) is 6.07 Å². The molecule has 0 spiro atoms. The third kappa shape index (κ3) is 7.39. The first-order chi connectivity index (χ1) is 14.8. The summed E-state index contributed by atoms with van der Waals surface area (Å²) in [5.41, 5.74) is 7.72. The average Bonchev–Trinajstić information content (AvgIpc) is 3.13. The molecule has 1 heterocycles. The van der Waals surface area contributed by atoms with Crippen LogP contribution in [0.2, 0.25) is 0 Å². The first-order valence-electron chi connectivity index (χ1n) is 11.5. The van der Waals surface area contributed by atoms with Crippen molar-refractivity contribution in [2.45, 2.75) is 65.5 Å². The minimum atomic E-state index is -0.184. The van der Waals surface area contributed by atoms with Crippen LogP contribution in [0.5, 0.6) is 11.5 Å². The molecular formula is C25H41NO5. The Morgan fingerprint density at radius 2 is 1.87 bits per heavy atom. The van der Waals surface area contributed by atoms with Crippen molar-refractivity contribution >= 4 is 5.97 Å². The number of hydrogen-bond acceptors (Lipinski definition) is 6. The van der Waals surface area contributed by atoms with E-state index >= 15 is 0 Å². The number of esters is 1. The van der Waals surface area contributed by atoms with Gasteiger partial charge in [0, 0.05) is 26.2 Å². The molecule has 6 nitrogen and oxygen atoms in total. The largest absolute Gasteiger partial charge is 0.493 e. The minimum Gasteiger partial charge on any atom is -0.493 e. The average molecular weight is 436 g/mol. The Hall–Kier alpha value is -1.79. The van der Waals surface area contributed by atoms with Crippen molar-refractivity contribution in [3.05, 3.63) is 23.8 Å². The van der Waals surface area contributed by atoms with Gasteiger partial charge in [0.25, 0.3) is 0 Å². The molecule has 1 fully saturated rings. The fourth-order valence-corrected chi connectivity index (χ4v) is 4.18. The number of methoxy groups -OCH3 is 2. The third-order valence-corrected chi connectivity index (χ3v) is 6.33. The lowest BCUT2D eigenvalue weighted by atomic mass is 9.82. The molecular weight excluding hydrogens is 394 g/mol. The van der Waals surface area contributed by atoms with Crippen LogP contribution in [0.3, 0.4) is 0 Å². The van der Waals surface area contributed by atoms with Gasteiger partial charge in [-0.3, -0.25) is 4.79 Å². The van der Waals surface area contributed by atoms with Gasteiger partial charge < -0.3 is 24.7 Å². The van der Waals surface area contributed by atoms with E-state index in [2.05, 4.69) is 39.8 Å². The van der Waals surface area contributed by atoms with E-state index in [1.54, 1.807) is 14.2 Å². The van der Waals surface area contributed by atoms with Gasteiger partial charge in [0.15, 0.2) is 11.5 Å². The molecule has 0 amide bonds. The summed E-state index contributed by atoms with van der Waals surface area (Å²) in [6, 6.07) is 5.97. The number of nitrogens with two attached hydrogens (primary N) is 1. The van der Waals surface area contributed by atoms with Crippen LogP contribution in [0.4, 0.5) is 0 Å². The highest BCUT2D eigenvalue weighted by atomic mass is 16.6. The van der Waals surface area contributed by atoms with Crippen molar-refractivity contribution in [1.29, 1.82) is 0 Å². The standard InChI is InChI=1S/C25H41NO5/c1-16(2)19(14-21(26)23-15-20(17(3)4)25(27)31-23)12-18-8-9-22(29-6)24(13-18)30-11-7-10-28-5/h8-9,13,16-17,19-21,23H,7,10-12,14-15,26H2,1-6H3/t19-,20?,21?,23-/m0/s1. The monoisotopic (exact) mass is 435 g/mol. The maximum Gasteiger partial charge on any atom is 0.309 e. The number of carbonyl (C=O) groups is 1. The van der Waals surface area contributed by atoms with Gasteiger partial charge in [-0.1, -0.05) is 33.8 Å². The number of carbonyl (C=O) groups excluding carboxylic acids is 1. The Morgan fingerprint density at radius 1 is 1.13 bits per heavy atom. The second kappa shape index (κ2) is 12.3. The van der Waals surface area contributed by atoms with Crippen molar-refractivity contribution in [2.24, 2.45) is 29.4 Å². The Morgan fingerprint density at radius 3 is 2.45 bits per heavy atom. The second-order valence-corrected chi connectivity index (χ2v) is 9.35. The molecule has 0 saturated carbocycles. The quantitative estimate of drug-likeness (QED) is 0.369. The zero-order valence-corrected chi connectivity index (χ0v) is 20.1. The van der Waals surface area contributed by atoms with E-state index in [4.69, 9.17) is 24.7 Å². The van der Waals surface area contributed by atoms with Crippen LogP contribution in [0.25, 0.3) is 0 Å². The predicted octanol–water partition coefficient (Wildman–Crippen LogP) is 4.23. The zero-order chi connectivity index (χ0) is 23.0. The molecule has 31 heavy (non-hydrogen) atoms. The van der Waals surface area contributed by atoms with E-state index < -0.39 is 0 Å². The Kier molecular flexibility index (Phi) is 10.1. The fourth-order valence-electron chi connectivity index (χ4n) is 4.18. The first kappa shape index (κ1) is 25.5. The smallest absolute Gasteiger partial charge is 0.309 e. The number of cyclic esters (lactones) is 1. The number of hydrogen-bond donors (Lipinski definition) is 1. The highest BCUT2D eigenvalue weighted by Gasteiger charge is 2.39. The molecule has 0 aliphatic carbocycles. The number of ether oxygens (including phenoxy) is 4. The molecule has 2 N–H and O–H groups in total. The van der Waals surface area contributed by atoms with Gasteiger partial charge in [-0.2, -0.15) is 0 Å². The summed E-state index contributed by atoms with van der Waals surface area (Å²) in [6.07, 6.45) is 3.07. The molecule has 2 unspecified atom stereocenters. The van der Waals surface area contributed by atoms with Crippen LogP contribution in [0.15, 0.2) is 18.2 Å². The highest BCUT2D eigenvalue weighted by Crippen LogP contribution is 2.34. The molecule has 1 aliphatic heterocycles. The van der Waals surface area contributed by atoms with E-state index in [0.717, 1.165) is 37.2 Å². The van der Waals surface area contributed by atoms with Gasteiger partial charge in [0.1, 0.15) is 6.10 Å². The molecule has 4 atom stereocenters. The Bertz CT molecular complexity index is 690. The summed E-state index contributed by atoms with van der Waals surface area (Å²) in [5.74, 6) is 2.48. The lowest BCUT2D eigenvalue weighted by Crippen LogP contribution is -2.37. The first-order valence-corrected chi connectivity index (χ1v) is 11.5. The zero-order valence-electron chi connectivity index (χ0n) is 20.1. The maximum atomic E-state index is 12.2. The summed E-state index contributed by atoms with van der Waals surface area (Å²) in [6.45, 7) is 9.82. The van der Waals surface area contributed by atoms with Crippen LogP contribution >= 0.6 is 0 Å². The van der Waals surface area contributed by atoms with Gasteiger partial charge >= 0.3 is 5.97 Å². The molecule has 1 aromatic rings. The van der Waals surface area contributed by atoms with E-state index in [9.17, 15) is 4.79 Å². The molecule has 1 aromatic carbocycles. The summed E-state index contributed by atoms with van der Waals surface area (Å²) in [4.78, 5) is 12.2. The molecule has 176 valence electrons. The molecule has 6 heteroatoms. The lowest BCUT2D eigenvalue weighted by molar-refractivity contribution is -0.146. The second-order valence-electron chi connectivity index (χ2n) is 9.35. The summed E-state index contributed by atoms with van der Waals surface area (Å²) in [7, 11) is 3.34. The highest BCUT2D eigenvalue weighted by molar-refractivity contribution is 5.75. The summed E-state index contributed by atoms with van der Waals surface area (Å²) < 4.78 is 22.1. The van der Waals surface area contributed by atoms with Crippen LogP contribution in [-0.2, 0) is 20.7 Å². The van der Waals surface area contributed by atoms with Gasteiger partial charge in [-0.15, -0.1) is 0 Å². The normalized spacial score (nSPS) is 20.7.